The van der Waals surface area contributed by atoms with E-state index in [9.17, 15) is 9.59 Å². The second kappa shape index (κ2) is 8.73. The SMILES string of the molecule is CCC1CC2C(=O)C(c3ccc4c(c3)OCCCO4)=COC2CC1OC(=O)c1ccco1. The van der Waals surface area contributed by atoms with Crippen molar-refractivity contribution in [3.8, 4) is 11.5 Å². The van der Waals surface area contributed by atoms with Crippen LogP contribution in [-0.2, 0) is 14.3 Å². The molecule has 5 rings (SSSR count). The highest BCUT2D eigenvalue weighted by atomic mass is 16.6. The highest BCUT2D eigenvalue weighted by Gasteiger charge is 2.45. The van der Waals surface area contributed by atoms with Crippen LogP contribution >= 0.6 is 0 Å². The van der Waals surface area contributed by atoms with Crippen molar-refractivity contribution in [3.63, 3.8) is 0 Å². The molecule has 2 aliphatic heterocycles. The first-order valence-corrected chi connectivity index (χ1v) is 11.2. The number of ketones is 1. The molecule has 1 fully saturated rings. The summed E-state index contributed by atoms with van der Waals surface area (Å²) in [7, 11) is 0. The lowest BCUT2D eigenvalue weighted by atomic mass is 9.72. The standard InChI is InChI=1S/C25H26O7/c1-2-15-11-17-22(13-21(15)32-25(27)20-5-3-8-29-20)31-14-18(24(17)26)16-6-7-19-23(12-16)30-10-4-9-28-19/h3,5-8,12,14-15,17,21-22H,2,4,9-11,13H2,1H3. The number of Topliss-reactive ketones (excluding diaryl/α,β-unsaturated/α-hetero) is 1. The zero-order chi connectivity index (χ0) is 22.1. The first-order valence-electron chi connectivity index (χ1n) is 11.2. The molecule has 0 N–H and O–H groups in total. The summed E-state index contributed by atoms with van der Waals surface area (Å²) in [5.74, 6) is 0.904. The summed E-state index contributed by atoms with van der Waals surface area (Å²) in [5.41, 5.74) is 1.31. The summed E-state index contributed by atoms with van der Waals surface area (Å²) in [6.45, 7) is 3.25. The number of allylic oxidation sites excluding steroid dienone is 1. The van der Waals surface area contributed by atoms with Crippen LogP contribution in [0.2, 0.25) is 0 Å². The molecule has 1 aromatic heterocycles. The predicted molar refractivity (Wildman–Crippen MR) is 114 cm³/mol. The molecule has 1 aliphatic carbocycles. The lowest BCUT2D eigenvalue weighted by Gasteiger charge is -2.41. The topological polar surface area (TPSA) is 84.2 Å². The Morgan fingerprint density at radius 3 is 2.75 bits per heavy atom. The number of furan rings is 1. The fraction of sp³-hybridized carbons (Fsp3) is 0.440. The Morgan fingerprint density at radius 1 is 1.12 bits per heavy atom. The van der Waals surface area contributed by atoms with Crippen molar-refractivity contribution >= 4 is 17.3 Å². The van der Waals surface area contributed by atoms with Gasteiger partial charge < -0.3 is 23.4 Å². The third-order valence-electron chi connectivity index (χ3n) is 6.52. The van der Waals surface area contributed by atoms with Gasteiger partial charge in [-0.15, -0.1) is 0 Å². The van der Waals surface area contributed by atoms with Gasteiger partial charge in [-0.25, -0.2) is 4.79 Å². The normalized spacial score (nSPS) is 26.9. The van der Waals surface area contributed by atoms with E-state index in [0.717, 1.165) is 18.4 Å². The molecule has 3 heterocycles. The van der Waals surface area contributed by atoms with E-state index in [-0.39, 0.29) is 35.6 Å². The van der Waals surface area contributed by atoms with E-state index >= 15 is 0 Å². The molecule has 7 nitrogen and oxygen atoms in total. The predicted octanol–water partition coefficient (Wildman–Crippen LogP) is 4.41. The molecule has 0 spiro atoms. The summed E-state index contributed by atoms with van der Waals surface area (Å²) in [4.78, 5) is 25.8. The molecule has 32 heavy (non-hydrogen) atoms. The van der Waals surface area contributed by atoms with E-state index in [0.29, 0.717) is 43.1 Å². The number of fused-ring (bicyclic) bond motifs is 2. The smallest absolute Gasteiger partial charge is 0.374 e. The van der Waals surface area contributed by atoms with Gasteiger partial charge in [0.2, 0.25) is 5.76 Å². The third-order valence-corrected chi connectivity index (χ3v) is 6.52. The Balaban J connectivity index is 1.34. The second-order valence-electron chi connectivity index (χ2n) is 8.45. The number of carbonyl (C=O) groups excluding carboxylic acids is 2. The van der Waals surface area contributed by atoms with Crippen molar-refractivity contribution in [2.75, 3.05) is 13.2 Å². The van der Waals surface area contributed by atoms with Crippen molar-refractivity contribution in [2.24, 2.45) is 11.8 Å². The van der Waals surface area contributed by atoms with Crippen LogP contribution in [0.25, 0.3) is 5.57 Å². The van der Waals surface area contributed by atoms with Gasteiger partial charge in [0.15, 0.2) is 17.3 Å². The van der Waals surface area contributed by atoms with Gasteiger partial charge in [-0.2, -0.15) is 0 Å². The monoisotopic (exact) mass is 438 g/mol. The molecule has 0 saturated heterocycles. The fourth-order valence-electron chi connectivity index (χ4n) is 4.76. The Kier molecular flexibility index (Phi) is 5.64. The van der Waals surface area contributed by atoms with Crippen molar-refractivity contribution < 1.29 is 33.0 Å². The molecule has 4 unspecified atom stereocenters. The van der Waals surface area contributed by atoms with Gasteiger partial charge in [0, 0.05) is 12.8 Å². The number of esters is 1. The Morgan fingerprint density at radius 2 is 1.97 bits per heavy atom. The van der Waals surface area contributed by atoms with Gasteiger partial charge in [0.25, 0.3) is 0 Å². The van der Waals surface area contributed by atoms with E-state index in [1.54, 1.807) is 18.4 Å². The molecule has 7 heteroatoms. The maximum atomic E-state index is 13.4. The molecule has 2 aromatic rings. The van der Waals surface area contributed by atoms with E-state index in [1.807, 2.05) is 25.1 Å². The highest BCUT2D eigenvalue weighted by molar-refractivity contribution is 6.22. The van der Waals surface area contributed by atoms with Crippen LogP contribution in [0, 0.1) is 11.8 Å². The van der Waals surface area contributed by atoms with Gasteiger partial charge >= 0.3 is 5.97 Å². The van der Waals surface area contributed by atoms with Gasteiger partial charge in [-0.3, -0.25) is 4.79 Å². The summed E-state index contributed by atoms with van der Waals surface area (Å²) in [6, 6.07) is 8.80. The maximum absolute atomic E-state index is 13.4. The number of rotatable bonds is 4. The number of hydrogen-bond acceptors (Lipinski definition) is 7. The average molecular weight is 438 g/mol. The number of hydrogen-bond donors (Lipinski definition) is 0. The minimum atomic E-state index is -0.484. The zero-order valence-corrected chi connectivity index (χ0v) is 18.0. The zero-order valence-electron chi connectivity index (χ0n) is 18.0. The summed E-state index contributed by atoms with van der Waals surface area (Å²) < 4.78 is 28.4. The number of benzene rings is 1. The molecule has 168 valence electrons. The van der Waals surface area contributed by atoms with E-state index in [2.05, 4.69) is 0 Å². The van der Waals surface area contributed by atoms with Crippen molar-refractivity contribution in [1.82, 2.24) is 0 Å². The average Bonchev–Trinajstić information content (AvgIpc) is 3.25. The van der Waals surface area contributed by atoms with Crippen molar-refractivity contribution in [1.29, 1.82) is 0 Å². The number of ether oxygens (including phenoxy) is 4. The van der Waals surface area contributed by atoms with Gasteiger partial charge in [-0.1, -0.05) is 13.0 Å². The first-order chi connectivity index (χ1) is 15.6. The molecule has 0 radical (unpaired) electrons. The molecule has 0 amide bonds. The first kappa shape index (κ1) is 20.7. The largest absolute Gasteiger partial charge is 0.496 e. The number of carbonyl (C=O) groups is 2. The van der Waals surface area contributed by atoms with Gasteiger partial charge in [0.1, 0.15) is 12.2 Å². The van der Waals surface area contributed by atoms with Crippen LogP contribution in [-0.4, -0.2) is 37.2 Å². The third kappa shape index (κ3) is 3.87. The van der Waals surface area contributed by atoms with E-state index in [4.69, 9.17) is 23.4 Å². The van der Waals surface area contributed by atoms with Crippen molar-refractivity contribution in [3.05, 3.63) is 54.2 Å². The maximum Gasteiger partial charge on any atom is 0.374 e. The summed E-state index contributed by atoms with van der Waals surface area (Å²) >= 11 is 0. The van der Waals surface area contributed by atoms with Crippen LogP contribution in [0.5, 0.6) is 11.5 Å². The molecule has 3 aliphatic rings. The van der Waals surface area contributed by atoms with Crippen LogP contribution in [0.3, 0.4) is 0 Å². The highest BCUT2D eigenvalue weighted by Crippen LogP contribution is 2.42. The lowest BCUT2D eigenvalue weighted by molar-refractivity contribution is -0.129. The second-order valence-corrected chi connectivity index (χ2v) is 8.45. The minimum Gasteiger partial charge on any atom is -0.496 e. The fourth-order valence-corrected chi connectivity index (χ4v) is 4.76. The van der Waals surface area contributed by atoms with Crippen LogP contribution < -0.4 is 9.47 Å². The van der Waals surface area contributed by atoms with Gasteiger partial charge in [0.05, 0.1) is 37.2 Å². The summed E-state index contributed by atoms with van der Waals surface area (Å²) in [5, 5.41) is 0. The van der Waals surface area contributed by atoms with Gasteiger partial charge in [-0.05, 0) is 48.6 Å². The molecular weight excluding hydrogens is 412 g/mol. The minimum absolute atomic E-state index is 0.0602. The van der Waals surface area contributed by atoms with Crippen molar-refractivity contribution in [2.45, 2.75) is 44.8 Å². The van der Waals surface area contributed by atoms with Crippen LogP contribution in [0.4, 0.5) is 0 Å². The summed E-state index contributed by atoms with van der Waals surface area (Å²) in [6.07, 6.45) is 5.06. The quantitative estimate of drug-likeness (QED) is 0.654. The molecule has 1 aromatic carbocycles. The molecule has 0 bridgehead atoms. The van der Waals surface area contributed by atoms with E-state index < -0.39 is 5.97 Å². The molecule has 1 saturated carbocycles. The Hall–Kier alpha value is -3.22. The lowest BCUT2D eigenvalue weighted by Crippen LogP contribution is -2.46. The Labute approximate surface area is 186 Å². The Bertz CT molecular complexity index is 1020. The van der Waals surface area contributed by atoms with Crippen LogP contribution in [0.15, 0.2) is 47.3 Å². The molecule has 4 atom stereocenters. The van der Waals surface area contributed by atoms with E-state index in [1.165, 1.54) is 6.26 Å². The van der Waals surface area contributed by atoms with Crippen LogP contribution in [0.1, 0.15) is 48.7 Å². The molecular formula is C25H26O7.